The van der Waals surface area contributed by atoms with Crippen molar-refractivity contribution in [1.29, 1.82) is 0 Å². The predicted octanol–water partition coefficient (Wildman–Crippen LogP) is 6.11. The molecule has 0 unspecified atom stereocenters. The van der Waals surface area contributed by atoms with Gasteiger partial charge in [-0.15, -0.1) is 0 Å². The lowest BCUT2D eigenvalue weighted by atomic mass is 9.86. The number of alkyl halides is 3. The van der Waals surface area contributed by atoms with E-state index in [9.17, 15) is 22.8 Å². The van der Waals surface area contributed by atoms with Gasteiger partial charge in [0.2, 0.25) is 0 Å². The number of nitrogens with one attached hydrogen (secondary N) is 2. The van der Waals surface area contributed by atoms with E-state index < -0.39 is 17.4 Å². The van der Waals surface area contributed by atoms with Crippen molar-refractivity contribution in [1.82, 2.24) is 9.97 Å². The van der Waals surface area contributed by atoms with Crippen molar-refractivity contribution in [2.24, 2.45) is 0 Å². The molecule has 172 valence electrons. The van der Waals surface area contributed by atoms with Crippen LogP contribution in [0.25, 0.3) is 32.4 Å². The van der Waals surface area contributed by atoms with Gasteiger partial charge in [-0.05, 0) is 76.6 Å². The van der Waals surface area contributed by atoms with Crippen molar-refractivity contribution in [3.63, 3.8) is 0 Å². The molecule has 4 aromatic carbocycles. The van der Waals surface area contributed by atoms with E-state index in [-0.39, 0.29) is 5.56 Å². The van der Waals surface area contributed by atoms with Crippen LogP contribution in [-0.4, -0.2) is 9.97 Å². The van der Waals surface area contributed by atoms with Crippen molar-refractivity contribution >= 4 is 32.4 Å². The molecule has 6 rings (SSSR count). The van der Waals surface area contributed by atoms with Gasteiger partial charge >= 0.3 is 11.9 Å². The molecule has 7 heteroatoms. The number of benzene rings is 4. The van der Waals surface area contributed by atoms with Gasteiger partial charge in [0, 0.05) is 0 Å². The smallest absolute Gasteiger partial charge is 0.307 e. The molecule has 0 atom stereocenters. The number of hydrogen-bond acceptors (Lipinski definition) is 2. The number of hydrogen-bond donors (Lipinski definition) is 2. The van der Waals surface area contributed by atoms with Crippen LogP contribution in [0.4, 0.5) is 13.2 Å². The Morgan fingerprint density at radius 3 is 2.15 bits per heavy atom. The number of halogens is 3. The summed E-state index contributed by atoms with van der Waals surface area (Å²) in [5.41, 5.74) is 1.86. The number of aryl methyl sites for hydroxylation is 2. The van der Waals surface area contributed by atoms with Crippen LogP contribution in [0.3, 0.4) is 0 Å². The summed E-state index contributed by atoms with van der Waals surface area (Å²) in [7, 11) is 0. The summed E-state index contributed by atoms with van der Waals surface area (Å²) in [6.45, 7) is 0. The van der Waals surface area contributed by atoms with Gasteiger partial charge in [-0.3, -0.25) is 9.78 Å². The van der Waals surface area contributed by atoms with Crippen molar-refractivity contribution in [2.75, 3.05) is 0 Å². The molecule has 0 bridgehead atoms. The molecule has 0 saturated carbocycles. The van der Waals surface area contributed by atoms with Gasteiger partial charge in [0.15, 0.2) is 0 Å². The number of para-hydroxylation sites is 1. The topological polar surface area (TPSA) is 65.7 Å². The monoisotopic (exact) mass is 462 g/mol. The minimum atomic E-state index is -4.32. The fraction of sp³-hybridized carbons (Fsp3) is 0.185. The Morgan fingerprint density at radius 1 is 0.647 bits per heavy atom. The Kier molecular flexibility index (Phi) is 5.48. The Morgan fingerprint density at radius 2 is 1.32 bits per heavy atom. The van der Waals surface area contributed by atoms with Crippen molar-refractivity contribution in [2.45, 2.75) is 31.9 Å². The maximum atomic E-state index is 13.2. The molecule has 1 aliphatic rings. The maximum absolute atomic E-state index is 13.2. The number of fused-ring (bicyclic) bond motifs is 6. The largest absolute Gasteiger partial charge is 0.417 e. The first-order valence-electron chi connectivity index (χ1n) is 11.1. The molecule has 0 saturated heterocycles. The lowest BCUT2D eigenvalue weighted by molar-refractivity contribution is -0.136. The highest BCUT2D eigenvalue weighted by Gasteiger charge is 2.32. The van der Waals surface area contributed by atoms with E-state index in [4.69, 9.17) is 0 Å². The highest BCUT2D eigenvalue weighted by molar-refractivity contribution is 6.09. The molecule has 0 spiro atoms. The van der Waals surface area contributed by atoms with Crippen LogP contribution in [0.1, 0.15) is 29.5 Å². The molecular weight excluding hydrogens is 441 g/mol. The molecule has 0 fully saturated rings. The normalized spacial score (nSPS) is 13.5. The average Bonchev–Trinajstić information content (AvgIpc) is 2.83. The molecule has 0 aliphatic heterocycles. The predicted molar refractivity (Wildman–Crippen MR) is 128 cm³/mol. The number of aromatic amines is 2. The Bertz CT molecular complexity index is 1650. The van der Waals surface area contributed by atoms with Crippen molar-refractivity contribution < 1.29 is 13.2 Å². The van der Waals surface area contributed by atoms with Crippen LogP contribution in [0.15, 0.2) is 76.3 Å². The van der Waals surface area contributed by atoms with Gasteiger partial charge in [0.05, 0.1) is 16.5 Å². The summed E-state index contributed by atoms with van der Waals surface area (Å²) < 4.78 is 39.6. The first kappa shape index (κ1) is 21.9. The summed E-state index contributed by atoms with van der Waals surface area (Å²) in [4.78, 5) is 26.6. The average molecular weight is 462 g/mol. The van der Waals surface area contributed by atoms with E-state index in [2.05, 4.69) is 16.0 Å². The van der Waals surface area contributed by atoms with Gasteiger partial charge in [0.25, 0.3) is 5.56 Å². The Balaban J connectivity index is 0.000000169. The lowest BCUT2D eigenvalue weighted by Gasteiger charge is -2.19. The molecule has 2 N–H and O–H groups in total. The zero-order chi connectivity index (χ0) is 23.9. The van der Waals surface area contributed by atoms with E-state index in [1.165, 1.54) is 23.6 Å². The zero-order valence-corrected chi connectivity index (χ0v) is 18.1. The second-order valence-corrected chi connectivity index (χ2v) is 8.42. The first-order valence-corrected chi connectivity index (χ1v) is 11.1. The third-order valence-corrected chi connectivity index (χ3v) is 6.34. The summed E-state index contributed by atoms with van der Waals surface area (Å²) >= 11 is 0. The highest BCUT2D eigenvalue weighted by Crippen LogP contribution is 2.39. The fourth-order valence-electron chi connectivity index (χ4n) is 4.79. The molecule has 34 heavy (non-hydrogen) atoms. The van der Waals surface area contributed by atoms with Gasteiger partial charge in [-0.2, -0.15) is 13.2 Å². The van der Waals surface area contributed by atoms with Crippen LogP contribution in [0.2, 0.25) is 0 Å². The Hall–Kier alpha value is -3.87. The highest BCUT2D eigenvalue weighted by atomic mass is 19.4. The van der Waals surface area contributed by atoms with E-state index in [1.807, 2.05) is 12.1 Å². The Labute approximate surface area is 192 Å². The van der Waals surface area contributed by atoms with E-state index in [1.54, 1.807) is 36.4 Å². The molecule has 4 nitrogen and oxygen atoms in total. The first-order chi connectivity index (χ1) is 16.3. The van der Waals surface area contributed by atoms with Gasteiger partial charge in [-0.1, -0.05) is 48.5 Å². The molecule has 0 amide bonds. The van der Waals surface area contributed by atoms with E-state index >= 15 is 0 Å². The van der Waals surface area contributed by atoms with Gasteiger partial charge in [0.1, 0.15) is 0 Å². The van der Waals surface area contributed by atoms with Crippen LogP contribution in [0, 0.1) is 0 Å². The van der Waals surface area contributed by atoms with Gasteiger partial charge < -0.3 is 4.98 Å². The van der Waals surface area contributed by atoms with Crippen LogP contribution >= 0.6 is 0 Å². The second kappa shape index (κ2) is 8.48. The lowest BCUT2D eigenvalue weighted by Crippen LogP contribution is -2.21. The summed E-state index contributed by atoms with van der Waals surface area (Å²) in [6, 6.07) is 18.9. The third kappa shape index (κ3) is 3.98. The quantitative estimate of drug-likeness (QED) is 0.273. The minimum absolute atomic E-state index is 0.290. The SMILES string of the molecule is FC(F)(F)c1cccc2c1ccc1c3c(ccc12)CCCC3.O=c1[nH]c(=O)c2ccccc2[nH]1. The standard InChI is InChI=1S/C19H15F3.C8H6N2O2/c20-19(21,22)18-7-3-6-14-16-9-8-12-4-1-2-5-13(12)15(16)10-11-17(14)18;11-7-5-3-1-2-4-6(5)9-8(12)10-7/h3,6-11H,1-2,4-5H2;1-4H,(H2,9,10,11,12). The molecule has 1 aromatic heterocycles. The molecule has 0 radical (unpaired) electrons. The second-order valence-electron chi connectivity index (χ2n) is 8.42. The van der Waals surface area contributed by atoms with Crippen LogP contribution in [-0.2, 0) is 19.0 Å². The maximum Gasteiger partial charge on any atom is 0.417 e. The summed E-state index contributed by atoms with van der Waals surface area (Å²) in [6.07, 6.45) is 0.140. The van der Waals surface area contributed by atoms with Crippen LogP contribution in [0.5, 0.6) is 0 Å². The molecular formula is C27H21F3N2O2. The molecule has 1 aliphatic carbocycles. The van der Waals surface area contributed by atoms with E-state index in [0.717, 1.165) is 36.1 Å². The van der Waals surface area contributed by atoms with Crippen molar-refractivity contribution in [3.05, 3.63) is 104 Å². The van der Waals surface area contributed by atoms with Crippen LogP contribution < -0.4 is 11.2 Å². The molecule has 5 aromatic rings. The summed E-state index contributed by atoms with van der Waals surface area (Å²) in [5, 5.41) is 3.53. The number of aromatic nitrogens is 2. The number of H-pyrrole nitrogens is 2. The number of rotatable bonds is 0. The fourth-order valence-corrected chi connectivity index (χ4v) is 4.79. The zero-order valence-electron chi connectivity index (χ0n) is 18.1. The van der Waals surface area contributed by atoms with Gasteiger partial charge in [-0.25, -0.2) is 4.79 Å². The van der Waals surface area contributed by atoms with E-state index in [0.29, 0.717) is 21.7 Å². The molecule has 1 heterocycles. The van der Waals surface area contributed by atoms with Crippen molar-refractivity contribution in [3.8, 4) is 0 Å². The third-order valence-electron chi connectivity index (χ3n) is 6.34. The minimum Gasteiger partial charge on any atom is -0.307 e. The summed E-state index contributed by atoms with van der Waals surface area (Å²) in [5.74, 6) is 0.